The van der Waals surface area contributed by atoms with E-state index in [1.807, 2.05) is 25.1 Å². The van der Waals surface area contributed by atoms with Crippen LogP contribution in [0.1, 0.15) is 15.9 Å². The van der Waals surface area contributed by atoms with Gasteiger partial charge in [0.05, 0.1) is 13.2 Å². The van der Waals surface area contributed by atoms with Gasteiger partial charge in [0.2, 0.25) is 0 Å². The summed E-state index contributed by atoms with van der Waals surface area (Å²) in [5.41, 5.74) is 3.25. The summed E-state index contributed by atoms with van der Waals surface area (Å²) >= 11 is 0. The summed E-state index contributed by atoms with van der Waals surface area (Å²) in [6.07, 6.45) is 0. The van der Waals surface area contributed by atoms with Gasteiger partial charge in [-0.2, -0.15) is 0 Å². The van der Waals surface area contributed by atoms with E-state index >= 15 is 0 Å². The molecule has 1 aliphatic rings. The lowest BCUT2D eigenvalue weighted by Gasteiger charge is -2.29. The highest BCUT2D eigenvalue weighted by Crippen LogP contribution is 2.24. The first-order valence-corrected chi connectivity index (χ1v) is 7.64. The Bertz CT molecular complexity index is 695. The first-order chi connectivity index (χ1) is 11.1. The van der Waals surface area contributed by atoms with Gasteiger partial charge in [0.1, 0.15) is 5.82 Å². The molecule has 0 unspecified atom stereocenters. The molecular weight excluding hydrogens is 295 g/mol. The molecular formula is C18H19FN2O2. The molecule has 23 heavy (non-hydrogen) atoms. The number of hydrogen-bond donors (Lipinski definition) is 1. The molecule has 0 aromatic heterocycles. The third-order valence-corrected chi connectivity index (χ3v) is 3.95. The Morgan fingerprint density at radius 2 is 1.83 bits per heavy atom. The molecule has 5 heteroatoms. The Hall–Kier alpha value is -2.40. The molecule has 3 rings (SSSR count). The maximum absolute atomic E-state index is 13.0. The van der Waals surface area contributed by atoms with Crippen molar-refractivity contribution < 1.29 is 13.9 Å². The Morgan fingerprint density at radius 1 is 1.13 bits per heavy atom. The molecule has 0 radical (unpaired) electrons. The van der Waals surface area contributed by atoms with Gasteiger partial charge in [-0.25, -0.2) is 4.39 Å². The van der Waals surface area contributed by atoms with E-state index in [4.69, 9.17) is 4.74 Å². The number of amides is 1. The number of carbonyl (C=O) groups is 1. The van der Waals surface area contributed by atoms with Gasteiger partial charge < -0.3 is 15.0 Å². The van der Waals surface area contributed by atoms with Crippen LogP contribution in [0.4, 0.5) is 15.8 Å². The van der Waals surface area contributed by atoms with Crippen molar-refractivity contribution in [3.05, 3.63) is 59.4 Å². The van der Waals surface area contributed by atoms with Crippen LogP contribution in [0.3, 0.4) is 0 Å². The molecule has 4 nitrogen and oxygen atoms in total. The number of hydrogen-bond acceptors (Lipinski definition) is 3. The molecule has 0 saturated carbocycles. The van der Waals surface area contributed by atoms with E-state index in [1.165, 1.54) is 24.3 Å². The van der Waals surface area contributed by atoms with E-state index in [0.717, 1.165) is 30.0 Å². The highest BCUT2D eigenvalue weighted by atomic mass is 19.1. The van der Waals surface area contributed by atoms with Crippen LogP contribution in [0.15, 0.2) is 42.5 Å². The molecule has 1 N–H and O–H groups in total. The van der Waals surface area contributed by atoms with Crippen LogP contribution in [0.25, 0.3) is 0 Å². The lowest BCUT2D eigenvalue weighted by Crippen LogP contribution is -2.36. The van der Waals surface area contributed by atoms with E-state index in [0.29, 0.717) is 18.8 Å². The maximum Gasteiger partial charge on any atom is 0.255 e. The van der Waals surface area contributed by atoms with Gasteiger partial charge in [-0.3, -0.25) is 4.79 Å². The van der Waals surface area contributed by atoms with Crippen LogP contribution in [0.2, 0.25) is 0 Å². The molecule has 0 spiro atoms. The van der Waals surface area contributed by atoms with Gasteiger partial charge in [-0.05, 0) is 48.9 Å². The number of nitrogens with zero attached hydrogens (tertiary/aromatic N) is 1. The van der Waals surface area contributed by atoms with Crippen molar-refractivity contribution in [2.75, 3.05) is 36.5 Å². The lowest BCUT2D eigenvalue weighted by atomic mass is 10.1. The molecule has 0 bridgehead atoms. The summed E-state index contributed by atoms with van der Waals surface area (Å²) in [4.78, 5) is 14.5. The van der Waals surface area contributed by atoms with E-state index in [9.17, 15) is 9.18 Å². The van der Waals surface area contributed by atoms with Gasteiger partial charge in [0.15, 0.2) is 0 Å². The zero-order valence-electron chi connectivity index (χ0n) is 13.0. The van der Waals surface area contributed by atoms with Gasteiger partial charge in [0, 0.05) is 30.0 Å². The predicted molar refractivity (Wildman–Crippen MR) is 88.6 cm³/mol. The summed E-state index contributed by atoms with van der Waals surface area (Å²) in [6, 6.07) is 11.5. The summed E-state index contributed by atoms with van der Waals surface area (Å²) < 4.78 is 18.3. The minimum Gasteiger partial charge on any atom is -0.378 e. The summed E-state index contributed by atoms with van der Waals surface area (Å²) in [5, 5.41) is 2.91. The monoisotopic (exact) mass is 314 g/mol. The molecule has 0 atom stereocenters. The molecule has 2 aromatic carbocycles. The number of halogens is 1. The number of morpholine rings is 1. The SMILES string of the molecule is Cc1ccc(N2CCOCC2)cc1NC(=O)c1ccc(F)cc1. The molecule has 120 valence electrons. The quantitative estimate of drug-likeness (QED) is 0.946. The lowest BCUT2D eigenvalue weighted by molar-refractivity contribution is 0.102. The number of carbonyl (C=O) groups excluding carboxylic acids is 1. The Balaban J connectivity index is 1.78. The van der Waals surface area contributed by atoms with Crippen LogP contribution < -0.4 is 10.2 Å². The summed E-state index contributed by atoms with van der Waals surface area (Å²) in [6.45, 7) is 5.06. The molecule has 1 fully saturated rings. The van der Waals surface area contributed by atoms with Crippen molar-refractivity contribution in [3.63, 3.8) is 0 Å². The Labute approximate surface area is 134 Å². The van der Waals surface area contributed by atoms with Gasteiger partial charge in [-0.1, -0.05) is 6.07 Å². The number of rotatable bonds is 3. The zero-order chi connectivity index (χ0) is 16.2. The van der Waals surface area contributed by atoms with Crippen LogP contribution in [-0.4, -0.2) is 32.2 Å². The van der Waals surface area contributed by atoms with E-state index in [-0.39, 0.29) is 11.7 Å². The van der Waals surface area contributed by atoms with Crippen LogP contribution in [-0.2, 0) is 4.74 Å². The minimum absolute atomic E-state index is 0.243. The topological polar surface area (TPSA) is 41.6 Å². The fourth-order valence-corrected chi connectivity index (χ4v) is 2.56. The second kappa shape index (κ2) is 6.79. The molecule has 1 amide bonds. The van der Waals surface area contributed by atoms with Gasteiger partial charge in [0.25, 0.3) is 5.91 Å². The number of aryl methyl sites for hydroxylation is 1. The molecule has 2 aromatic rings. The van der Waals surface area contributed by atoms with E-state index < -0.39 is 0 Å². The van der Waals surface area contributed by atoms with Crippen LogP contribution >= 0.6 is 0 Å². The molecule has 1 heterocycles. The Morgan fingerprint density at radius 3 is 2.52 bits per heavy atom. The fourth-order valence-electron chi connectivity index (χ4n) is 2.56. The Kier molecular flexibility index (Phi) is 4.57. The standard InChI is InChI=1S/C18H19FN2O2/c1-13-2-7-16(21-8-10-23-11-9-21)12-17(13)20-18(22)14-3-5-15(19)6-4-14/h2-7,12H,8-11H2,1H3,(H,20,22). The van der Waals surface area contributed by atoms with Crippen molar-refractivity contribution in [3.8, 4) is 0 Å². The van der Waals surface area contributed by atoms with Gasteiger partial charge >= 0.3 is 0 Å². The largest absolute Gasteiger partial charge is 0.378 e. The van der Waals surface area contributed by atoms with E-state index in [1.54, 1.807) is 0 Å². The summed E-state index contributed by atoms with van der Waals surface area (Å²) in [7, 11) is 0. The average Bonchev–Trinajstić information content (AvgIpc) is 2.58. The van der Waals surface area contributed by atoms with Crippen LogP contribution in [0.5, 0.6) is 0 Å². The van der Waals surface area contributed by atoms with Crippen molar-refractivity contribution in [2.24, 2.45) is 0 Å². The van der Waals surface area contributed by atoms with Crippen molar-refractivity contribution in [2.45, 2.75) is 6.92 Å². The van der Waals surface area contributed by atoms with Crippen molar-refractivity contribution in [1.82, 2.24) is 0 Å². The molecule has 0 aliphatic carbocycles. The molecule has 1 aliphatic heterocycles. The second-order valence-electron chi connectivity index (χ2n) is 5.56. The average molecular weight is 314 g/mol. The first kappa shape index (κ1) is 15.5. The third-order valence-electron chi connectivity index (χ3n) is 3.95. The zero-order valence-corrected chi connectivity index (χ0v) is 13.0. The number of ether oxygens (including phenoxy) is 1. The number of nitrogens with one attached hydrogen (secondary N) is 1. The highest BCUT2D eigenvalue weighted by Gasteiger charge is 2.14. The number of anilines is 2. The minimum atomic E-state index is -0.355. The highest BCUT2D eigenvalue weighted by molar-refractivity contribution is 6.04. The molecule has 1 saturated heterocycles. The predicted octanol–water partition coefficient (Wildman–Crippen LogP) is 3.22. The maximum atomic E-state index is 13.0. The van der Waals surface area contributed by atoms with Crippen molar-refractivity contribution in [1.29, 1.82) is 0 Å². The van der Waals surface area contributed by atoms with Crippen molar-refractivity contribution >= 4 is 17.3 Å². The first-order valence-electron chi connectivity index (χ1n) is 7.64. The van der Waals surface area contributed by atoms with E-state index in [2.05, 4.69) is 10.2 Å². The number of benzene rings is 2. The second-order valence-corrected chi connectivity index (χ2v) is 5.56. The smallest absolute Gasteiger partial charge is 0.255 e. The fraction of sp³-hybridized carbons (Fsp3) is 0.278. The summed E-state index contributed by atoms with van der Waals surface area (Å²) in [5.74, 6) is -0.598. The van der Waals surface area contributed by atoms with Crippen LogP contribution in [0, 0.1) is 12.7 Å². The van der Waals surface area contributed by atoms with Gasteiger partial charge in [-0.15, -0.1) is 0 Å². The third kappa shape index (κ3) is 3.68. The normalized spacial score (nSPS) is 14.6.